The van der Waals surface area contributed by atoms with Crippen LogP contribution in [0.3, 0.4) is 0 Å². The zero-order chi connectivity index (χ0) is 19.5. The maximum atomic E-state index is 5.90. The Bertz CT molecular complexity index is 681. The largest absolute Gasteiger partial charge is 0.374 e. The Morgan fingerprint density at radius 2 is 1.96 bits per heavy atom. The maximum absolute atomic E-state index is 5.90. The number of benzene rings is 1. The van der Waals surface area contributed by atoms with Crippen molar-refractivity contribution in [2.45, 2.75) is 46.4 Å². The number of guanidine groups is 1. The second-order valence-corrected chi connectivity index (χ2v) is 7.02. The number of rotatable bonds is 10. The molecule has 0 radical (unpaired) electrons. The summed E-state index contributed by atoms with van der Waals surface area (Å²) < 4.78 is 8.09. The van der Waals surface area contributed by atoms with E-state index in [4.69, 9.17) is 4.74 Å². The smallest absolute Gasteiger partial charge is 0.191 e. The minimum absolute atomic E-state index is 0.114. The van der Waals surface area contributed by atoms with Crippen LogP contribution in [0.25, 0.3) is 0 Å². The predicted molar refractivity (Wildman–Crippen MR) is 111 cm³/mol. The molecule has 0 saturated heterocycles. The zero-order valence-electron chi connectivity index (χ0n) is 17.0. The van der Waals surface area contributed by atoms with E-state index in [0.717, 1.165) is 31.3 Å². The highest BCUT2D eigenvalue weighted by Gasteiger charge is 2.07. The molecule has 148 valence electrons. The lowest BCUT2D eigenvalue weighted by Gasteiger charge is -2.15. The molecule has 0 aliphatic rings. The molecule has 27 heavy (non-hydrogen) atoms. The van der Waals surface area contributed by atoms with Gasteiger partial charge < -0.3 is 19.9 Å². The molecule has 1 aromatic heterocycles. The lowest BCUT2D eigenvalue weighted by Crippen LogP contribution is -2.38. The summed E-state index contributed by atoms with van der Waals surface area (Å²) in [4.78, 5) is 8.71. The van der Waals surface area contributed by atoms with Crippen LogP contribution in [-0.4, -0.2) is 35.7 Å². The third kappa shape index (κ3) is 7.43. The van der Waals surface area contributed by atoms with Gasteiger partial charge in [0.25, 0.3) is 0 Å². The fourth-order valence-electron chi connectivity index (χ4n) is 2.81. The van der Waals surface area contributed by atoms with Gasteiger partial charge in [-0.3, -0.25) is 4.99 Å². The number of imidazole rings is 1. The summed E-state index contributed by atoms with van der Waals surface area (Å²) in [5.41, 5.74) is 1.21. The average Bonchev–Trinajstić information content (AvgIpc) is 3.10. The van der Waals surface area contributed by atoms with Crippen molar-refractivity contribution in [3.63, 3.8) is 0 Å². The molecule has 0 fully saturated rings. The van der Waals surface area contributed by atoms with Crippen LogP contribution >= 0.6 is 0 Å². The summed E-state index contributed by atoms with van der Waals surface area (Å²) in [6.07, 6.45) is 4.91. The highest BCUT2D eigenvalue weighted by molar-refractivity contribution is 5.79. The standard InChI is InChI=1S/C21H33N5O/c1-17(2)16-26-13-12-23-20(26)15-25-21(22-4)24-11-8-14-27-18(3)19-9-6-5-7-10-19/h5-7,9-10,12-13,17-18H,8,11,14-16H2,1-4H3,(H2,22,24,25). The van der Waals surface area contributed by atoms with Crippen LogP contribution in [0.2, 0.25) is 0 Å². The van der Waals surface area contributed by atoms with Crippen molar-refractivity contribution in [2.75, 3.05) is 20.2 Å². The molecular formula is C21H33N5O. The molecule has 2 aromatic rings. The minimum Gasteiger partial charge on any atom is -0.374 e. The molecule has 0 aliphatic carbocycles. The van der Waals surface area contributed by atoms with Gasteiger partial charge in [-0.05, 0) is 24.8 Å². The van der Waals surface area contributed by atoms with Crippen LogP contribution in [0.4, 0.5) is 0 Å². The van der Waals surface area contributed by atoms with Gasteiger partial charge in [-0.25, -0.2) is 4.98 Å². The Morgan fingerprint density at radius 1 is 1.19 bits per heavy atom. The number of nitrogens with one attached hydrogen (secondary N) is 2. The minimum atomic E-state index is 0.114. The Morgan fingerprint density at radius 3 is 2.67 bits per heavy atom. The Hall–Kier alpha value is -2.34. The van der Waals surface area contributed by atoms with Crippen LogP contribution in [0.1, 0.15) is 44.7 Å². The van der Waals surface area contributed by atoms with E-state index in [1.54, 1.807) is 7.05 Å². The van der Waals surface area contributed by atoms with E-state index in [-0.39, 0.29) is 6.10 Å². The van der Waals surface area contributed by atoms with Crippen LogP contribution in [0.15, 0.2) is 47.7 Å². The zero-order valence-corrected chi connectivity index (χ0v) is 17.0. The van der Waals surface area contributed by atoms with Gasteiger partial charge in [-0.15, -0.1) is 0 Å². The summed E-state index contributed by atoms with van der Waals surface area (Å²) in [5.74, 6) is 2.39. The van der Waals surface area contributed by atoms with Crippen molar-refractivity contribution in [2.24, 2.45) is 10.9 Å². The molecule has 2 N–H and O–H groups in total. The van der Waals surface area contributed by atoms with Crippen molar-refractivity contribution in [1.29, 1.82) is 0 Å². The van der Waals surface area contributed by atoms with E-state index in [1.165, 1.54) is 5.56 Å². The number of hydrogen-bond donors (Lipinski definition) is 2. The summed E-state index contributed by atoms with van der Waals surface area (Å²) in [7, 11) is 1.78. The van der Waals surface area contributed by atoms with Crippen molar-refractivity contribution in [3.05, 3.63) is 54.1 Å². The fraction of sp³-hybridized carbons (Fsp3) is 0.524. The van der Waals surface area contributed by atoms with Crippen molar-refractivity contribution in [1.82, 2.24) is 20.2 Å². The summed E-state index contributed by atoms with van der Waals surface area (Å²) in [6.45, 7) is 9.64. The molecular weight excluding hydrogens is 338 g/mol. The third-order valence-corrected chi connectivity index (χ3v) is 4.25. The lowest BCUT2D eigenvalue weighted by molar-refractivity contribution is 0.0646. The van der Waals surface area contributed by atoms with Gasteiger partial charge in [-0.2, -0.15) is 0 Å². The van der Waals surface area contributed by atoms with Gasteiger partial charge in [0, 0.05) is 39.1 Å². The van der Waals surface area contributed by atoms with Gasteiger partial charge in [-0.1, -0.05) is 44.2 Å². The Kier molecular flexibility index (Phi) is 8.84. The number of hydrogen-bond acceptors (Lipinski definition) is 3. The second kappa shape index (κ2) is 11.4. The molecule has 6 nitrogen and oxygen atoms in total. The lowest BCUT2D eigenvalue weighted by atomic mass is 10.1. The first-order valence-corrected chi connectivity index (χ1v) is 9.71. The average molecular weight is 372 g/mol. The van der Waals surface area contributed by atoms with E-state index in [2.05, 4.69) is 58.1 Å². The first kappa shape index (κ1) is 21.0. The summed E-state index contributed by atoms with van der Waals surface area (Å²) >= 11 is 0. The molecule has 0 saturated carbocycles. The van der Waals surface area contributed by atoms with Crippen LogP contribution in [-0.2, 0) is 17.8 Å². The van der Waals surface area contributed by atoms with Crippen LogP contribution in [0.5, 0.6) is 0 Å². The predicted octanol–water partition coefficient (Wildman–Crippen LogP) is 3.37. The van der Waals surface area contributed by atoms with Gasteiger partial charge in [0.1, 0.15) is 5.82 Å². The van der Waals surface area contributed by atoms with E-state index in [9.17, 15) is 0 Å². The number of aromatic nitrogens is 2. The fourth-order valence-corrected chi connectivity index (χ4v) is 2.81. The summed E-state index contributed by atoms with van der Waals surface area (Å²) in [6, 6.07) is 10.3. The first-order chi connectivity index (χ1) is 13.1. The molecule has 1 atom stereocenters. The van der Waals surface area contributed by atoms with Crippen molar-refractivity contribution >= 4 is 5.96 Å². The van der Waals surface area contributed by atoms with Gasteiger partial charge in [0.2, 0.25) is 0 Å². The second-order valence-electron chi connectivity index (χ2n) is 7.02. The monoisotopic (exact) mass is 371 g/mol. The van der Waals surface area contributed by atoms with E-state index < -0.39 is 0 Å². The van der Waals surface area contributed by atoms with Crippen LogP contribution in [0, 0.1) is 5.92 Å². The molecule has 1 unspecified atom stereocenters. The normalized spacial score (nSPS) is 13.0. The van der Waals surface area contributed by atoms with E-state index in [1.807, 2.05) is 30.6 Å². The van der Waals surface area contributed by atoms with Crippen LogP contribution < -0.4 is 10.6 Å². The quantitative estimate of drug-likeness (QED) is 0.382. The highest BCUT2D eigenvalue weighted by atomic mass is 16.5. The molecule has 0 amide bonds. The third-order valence-electron chi connectivity index (χ3n) is 4.25. The van der Waals surface area contributed by atoms with E-state index in [0.29, 0.717) is 19.1 Å². The number of aliphatic imine (C=N–C) groups is 1. The van der Waals surface area contributed by atoms with Gasteiger partial charge in [0.05, 0.1) is 12.6 Å². The van der Waals surface area contributed by atoms with Gasteiger partial charge in [0.15, 0.2) is 5.96 Å². The molecule has 2 rings (SSSR count). The molecule has 0 bridgehead atoms. The Balaban J connectivity index is 1.65. The van der Waals surface area contributed by atoms with Crippen molar-refractivity contribution in [3.8, 4) is 0 Å². The Labute approximate surface area is 163 Å². The van der Waals surface area contributed by atoms with E-state index >= 15 is 0 Å². The number of nitrogens with zero attached hydrogens (tertiary/aromatic N) is 3. The molecule has 0 spiro atoms. The topological polar surface area (TPSA) is 63.5 Å². The molecule has 6 heteroatoms. The first-order valence-electron chi connectivity index (χ1n) is 9.71. The van der Waals surface area contributed by atoms with Crippen molar-refractivity contribution < 1.29 is 4.74 Å². The maximum Gasteiger partial charge on any atom is 0.191 e. The highest BCUT2D eigenvalue weighted by Crippen LogP contribution is 2.15. The number of ether oxygens (including phenoxy) is 1. The SMILES string of the molecule is CN=C(NCCCOC(C)c1ccccc1)NCc1nccn1CC(C)C. The molecule has 0 aliphatic heterocycles. The summed E-state index contributed by atoms with van der Waals surface area (Å²) in [5, 5.41) is 6.65. The molecule has 1 aromatic carbocycles. The van der Waals surface area contributed by atoms with Gasteiger partial charge >= 0.3 is 0 Å². The molecule has 1 heterocycles.